The molecule has 8 heteroatoms. The first-order valence-electron chi connectivity index (χ1n) is 10.3. The van der Waals surface area contributed by atoms with Crippen molar-refractivity contribution in [2.24, 2.45) is 0 Å². The van der Waals surface area contributed by atoms with Crippen molar-refractivity contribution in [3.63, 3.8) is 0 Å². The van der Waals surface area contributed by atoms with Crippen molar-refractivity contribution in [3.8, 4) is 17.2 Å². The third kappa shape index (κ3) is 4.42. The van der Waals surface area contributed by atoms with Gasteiger partial charge in [0.15, 0.2) is 23.0 Å². The van der Waals surface area contributed by atoms with E-state index in [1.807, 2.05) is 48.5 Å². The zero-order chi connectivity index (χ0) is 22.8. The van der Waals surface area contributed by atoms with Crippen molar-refractivity contribution in [3.05, 3.63) is 88.1 Å². The maximum atomic E-state index is 13.2. The number of carbonyl (C=O) groups excluding carboxylic acids is 2. The average molecular weight is 507 g/mol. The van der Waals surface area contributed by atoms with E-state index in [1.165, 1.54) is 4.90 Å². The van der Waals surface area contributed by atoms with Crippen LogP contribution in [-0.2, 0) is 16.1 Å². The van der Waals surface area contributed by atoms with E-state index in [-0.39, 0.29) is 30.9 Å². The van der Waals surface area contributed by atoms with Crippen LogP contribution in [0.4, 0.5) is 5.69 Å². The zero-order valence-corrected chi connectivity index (χ0v) is 19.0. The number of rotatable bonds is 5. The van der Waals surface area contributed by atoms with Gasteiger partial charge < -0.3 is 19.5 Å². The third-order valence-electron chi connectivity index (χ3n) is 5.25. The van der Waals surface area contributed by atoms with Gasteiger partial charge in [-0.2, -0.15) is 0 Å². The molecule has 0 aliphatic carbocycles. The first-order valence-corrected chi connectivity index (χ1v) is 11.1. The van der Waals surface area contributed by atoms with Crippen molar-refractivity contribution >= 4 is 39.5 Å². The summed E-state index contributed by atoms with van der Waals surface area (Å²) in [5.74, 6) is 1.31. The summed E-state index contributed by atoms with van der Waals surface area (Å²) >= 11 is 3.49. The summed E-state index contributed by atoms with van der Waals surface area (Å²) < 4.78 is 17.4. The Labute approximate surface area is 198 Å². The number of amides is 2. The smallest absolute Gasteiger partial charge is 0.294 e. The molecule has 0 unspecified atom stereocenters. The van der Waals surface area contributed by atoms with Crippen molar-refractivity contribution in [2.45, 2.75) is 6.54 Å². The van der Waals surface area contributed by atoms with Gasteiger partial charge in [-0.1, -0.05) is 52.3 Å². The molecule has 0 atom stereocenters. The molecule has 7 nitrogen and oxygen atoms in total. The largest absolute Gasteiger partial charge is 0.454 e. The maximum Gasteiger partial charge on any atom is 0.294 e. The Bertz CT molecular complexity index is 1270. The summed E-state index contributed by atoms with van der Waals surface area (Å²) in [5, 5.41) is 2.87. The molecular weight excluding hydrogens is 488 g/mol. The summed E-state index contributed by atoms with van der Waals surface area (Å²) in [6.45, 7) is 0.353. The fourth-order valence-corrected chi connectivity index (χ4v) is 4.00. The van der Waals surface area contributed by atoms with Crippen LogP contribution in [0.1, 0.15) is 11.1 Å². The Balaban J connectivity index is 1.34. The lowest BCUT2D eigenvalue weighted by molar-refractivity contribution is -0.123. The molecule has 2 heterocycles. The molecule has 5 rings (SSSR count). The molecule has 0 bridgehead atoms. The van der Waals surface area contributed by atoms with Gasteiger partial charge in [0.1, 0.15) is 6.54 Å². The molecule has 3 aromatic rings. The van der Waals surface area contributed by atoms with Crippen LogP contribution >= 0.6 is 15.9 Å². The van der Waals surface area contributed by atoms with Crippen LogP contribution in [0.25, 0.3) is 6.08 Å². The molecule has 3 aromatic carbocycles. The van der Waals surface area contributed by atoms with Gasteiger partial charge in [0.2, 0.25) is 12.7 Å². The van der Waals surface area contributed by atoms with E-state index in [9.17, 15) is 9.59 Å². The van der Waals surface area contributed by atoms with E-state index in [0.29, 0.717) is 29.5 Å². The van der Waals surface area contributed by atoms with Crippen LogP contribution in [0.5, 0.6) is 17.2 Å². The lowest BCUT2D eigenvalue weighted by Crippen LogP contribution is -2.44. The number of nitrogens with zero attached hydrogens (tertiary/aromatic N) is 1. The number of ether oxygens (including phenoxy) is 3. The fraction of sp³-hybridized carbons (Fsp3) is 0.120. The lowest BCUT2D eigenvalue weighted by Gasteiger charge is -2.30. The predicted molar refractivity (Wildman–Crippen MR) is 126 cm³/mol. The normalized spacial score (nSPS) is 15.2. The molecular formula is C25H19BrN2O5. The number of nitrogens with one attached hydrogen (secondary N) is 1. The van der Waals surface area contributed by atoms with Crippen molar-refractivity contribution in [1.29, 1.82) is 0 Å². The Hall–Kier alpha value is -3.78. The van der Waals surface area contributed by atoms with Gasteiger partial charge in [0, 0.05) is 11.0 Å². The van der Waals surface area contributed by atoms with Gasteiger partial charge in [0.05, 0.1) is 5.69 Å². The van der Waals surface area contributed by atoms with Gasteiger partial charge in [0.25, 0.3) is 5.91 Å². The minimum atomic E-state index is -0.386. The Morgan fingerprint density at radius 1 is 1.00 bits per heavy atom. The number of hydrogen-bond donors (Lipinski definition) is 1. The third-order valence-corrected chi connectivity index (χ3v) is 5.97. The molecule has 1 N–H and O–H groups in total. The van der Waals surface area contributed by atoms with Crippen molar-refractivity contribution < 1.29 is 23.8 Å². The fourth-order valence-electron chi connectivity index (χ4n) is 3.60. The summed E-state index contributed by atoms with van der Waals surface area (Å²) in [6.07, 6.45) is 1.67. The molecule has 166 valence electrons. The molecule has 0 spiro atoms. The van der Waals surface area contributed by atoms with E-state index in [1.54, 1.807) is 24.3 Å². The molecule has 2 aliphatic heterocycles. The molecule has 2 aliphatic rings. The van der Waals surface area contributed by atoms with Crippen LogP contribution < -0.4 is 24.4 Å². The van der Waals surface area contributed by atoms with Gasteiger partial charge in [-0.3, -0.25) is 14.5 Å². The minimum Gasteiger partial charge on any atom is -0.454 e. The molecule has 0 aromatic heterocycles. The molecule has 0 saturated heterocycles. The van der Waals surface area contributed by atoms with E-state index in [0.717, 1.165) is 15.6 Å². The molecule has 0 radical (unpaired) electrons. The van der Waals surface area contributed by atoms with Crippen molar-refractivity contribution in [1.82, 2.24) is 5.32 Å². The minimum absolute atomic E-state index is 0.142. The Morgan fingerprint density at radius 3 is 2.67 bits per heavy atom. The first kappa shape index (κ1) is 21.1. The van der Waals surface area contributed by atoms with Gasteiger partial charge in [-0.25, -0.2) is 0 Å². The van der Waals surface area contributed by atoms with Crippen LogP contribution in [0.3, 0.4) is 0 Å². The summed E-state index contributed by atoms with van der Waals surface area (Å²) in [6, 6.07) is 20.2. The predicted octanol–water partition coefficient (Wildman–Crippen LogP) is 4.26. The standard InChI is InChI=1S/C25H19BrN2O5/c26-18-6-2-1-5-17(18)12-23-25(30)28(19-7-3-4-8-20(19)33-23)14-24(29)27-13-16-9-10-21-22(11-16)32-15-31-21/h1-12H,13-15H2,(H,27,29)/b23-12+. The number of fused-ring (bicyclic) bond motifs is 2. The number of carbonyl (C=O) groups is 2. The second-order valence-corrected chi connectivity index (χ2v) is 8.31. The van der Waals surface area contributed by atoms with Gasteiger partial charge >= 0.3 is 0 Å². The zero-order valence-electron chi connectivity index (χ0n) is 17.4. The van der Waals surface area contributed by atoms with Crippen LogP contribution in [0.2, 0.25) is 0 Å². The second kappa shape index (κ2) is 8.99. The Kier molecular flexibility index (Phi) is 5.75. The van der Waals surface area contributed by atoms with Crippen LogP contribution in [0, 0.1) is 0 Å². The first-order chi connectivity index (χ1) is 16.1. The summed E-state index contributed by atoms with van der Waals surface area (Å²) in [7, 11) is 0. The number of para-hydroxylation sites is 2. The molecule has 2 amide bonds. The van der Waals surface area contributed by atoms with Gasteiger partial charge in [-0.05, 0) is 47.5 Å². The number of benzene rings is 3. The van der Waals surface area contributed by atoms with E-state index >= 15 is 0 Å². The lowest BCUT2D eigenvalue weighted by atomic mass is 10.1. The summed E-state index contributed by atoms with van der Waals surface area (Å²) in [5.41, 5.74) is 2.22. The molecule has 33 heavy (non-hydrogen) atoms. The highest BCUT2D eigenvalue weighted by Gasteiger charge is 2.31. The number of halogens is 1. The van der Waals surface area contributed by atoms with E-state index in [4.69, 9.17) is 14.2 Å². The quantitative estimate of drug-likeness (QED) is 0.523. The van der Waals surface area contributed by atoms with Crippen molar-refractivity contribution in [2.75, 3.05) is 18.2 Å². The maximum absolute atomic E-state index is 13.2. The monoisotopic (exact) mass is 506 g/mol. The molecule has 0 saturated carbocycles. The van der Waals surface area contributed by atoms with E-state index < -0.39 is 0 Å². The average Bonchev–Trinajstić information content (AvgIpc) is 3.30. The Morgan fingerprint density at radius 2 is 1.79 bits per heavy atom. The van der Waals surface area contributed by atoms with E-state index in [2.05, 4.69) is 21.2 Å². The highest BCUT2D eigenvalue weighted by molar-refractivity contribution is 9.10. The number of hydrogen-bond acceptors (Lipinski definition) is 5. The summed E-state index contributed by atoms with van der Waals surface area (Å²) in [4.78, 5) is 27.4. The molecule has 0 fully saturated rings. The SMILES string of the molecule is O=C(CN1C(=O)/C(=C\c2ccccc2Br)Oc2ccccc21)NCc1ccc2c(c1)OCO2. The highest BCUT2D eigenvalue weighted by Crippen LogP contribution is 2.36. The van der Waals surface area contributed by atoms with Crippen LogP contribution in [0.15, 0.2) is 77.0 Å². The number of anilines is 1. The topological polar surface area (TPSA) is 77.1 Å². The van der Waals surface area contributed by atoms with Gasteiger partial charge in [-0.15, -0.1) is 0 Å². The highest BCUT2D eigenvalue weighted by atomic mass is 79.9. The second-order valence-electron chi connectivity index (χ2n) is 7.46. The van der Waals surface area contributed by atoms with Crippen LogP contribution in [-0.4, -0.2) is 25.2 Å².